The number of rotatable bonds is 8. The molecule has 0 amide bonds. The van der Waals surface area contributed by atoms with Crippen molar-refractivity contribution in [3.8, 4) is 0 Å². The summed E-state index contributed by atoms with van der Waals surface area (Å²) in [5.41, 5.74) is -1.42. The number of carboxylic acid groups (broad SMARTS) is 1. The number of ether oxygens (including phenoxy) is 2. The van der Waals surface area contributed by atoms with Crippen molar-refractivity contribution >= 4 is 23.2 Å². The highest BCUT2D eigenvalue weighted by atomic mass is 19.4. The van der Waals surface area contributed by atoms with Gasteiger partial charge in [0.25, 0.3) is 0 Å². The zero-order chi connectivity index (χ0) is 34.4. The van der Waals surface area contributed by atoms with Crippen molar-refractivity contribution in [1.82, 2.24) is 14.4 Å². The summed E-state index contributed by atoms with van der Waals surface area (Å²) in [7, 11) is 0. The van der Waals surface area contributed by atoms with E-state index < -0.39 is 72.6 Å². The molecule has 256 valence electrons. The fourth-order valence-corrected chi connectivity index (χ4v) is 6.61. The molecule has 1 unspecified atom stereocenters. The van der Waals surface area contributed by atoms with Crippen LogP contribution in [-0.2, 0) is 15.9 Å². The Morgan fingerprint density at radius 1 is 1.06 bits per heavy atom. The van der Waals surface area contributed by atoms with Crippen LogP contribution in [0.25, 0.3) is 10.9 Å². The number of carbonyl (C=O) groups excluding carboxylic acids is 1. The molecule has 3 atom stereocenters. The molecule has 2 aliphatic heterocycles. The van der Waals surface area contributed by atoms with Crippen LogP contribution in [0.5, 0.6) is 0 Å². The Kier molecular flexibility index (Phi) is 9.57. The Labute approximate surface area is 267 Å². The lowest BCUT2D eigenvalue weighted by Gasteiger charge is -2.42. The smallest absolute Gasteiger partial charge is 0.464 e. The number of fused-ring (bicyclic) bond motifs is 3. The number of likely N-dealkylation sites (tertiary alicyclic amines) is 1. The average molecular weight is 670 g/mol. The highest BCUT2D eigenvalue weighted by Gasteiger charge is 2.46. The molecule has 3 aromatic rings. The zero-order valence-electron chi connectivity index (χ0n) is 26.4. The van der Waals surface area contributed by atoms with E-state index in [0.717, 1.165) is 21.6 Å². The first-order valence-corrected chi connectivity index (χ1v) is 15.3. The molecule has 1 saturated heterocycles. The van der Waals surface area contributed by atoms with Gasteiger partial charge in [-0.05, 0) is 63.4 Å². The maximum Gasteiger partial charge on any atom is 0.509 e. The third-order valence-corrected chi connectivity index (χ3v) is 8.56. The van der Waals surface area contributed by atoms with Gasteiger partial charge in [0.05, 0.1) is 30.5 Å². The van der Waals surface area contributed by atoms with E-state index in [0.29, 0.717) is 30.6 Å². The van der Waals surface area contributed by atoms with Crippen LogP contribution in [0, 0.1) is 17.6 Å². The molecular weight excluding hydrogens is 632 g/mol. The average Bonchev–Trinajstić information content (AvgIpc) is 3.25. The largest absolute Gasteiger partial charge is 0.509 e. The number of hydrogen-bond acceptors (Lipinski definition) is 6. The van der Waals surface area contributed by atoms with Gasteiger partial charge in [-0.3, -0.25) is 9.29 Å². The van der Waals surface area contributed by atoms with Gasteiger partial charge in [0.1, 0.15) is 23.3 Å². The van der Waals surface area contributed by atoms with Crippen molar-refractivity contribution in [3.63, 3.8) is 0 Å². The van der Waals surface area contributed by atoms with E-state index in [-0.39, 0.29) is 35.5 Å². The predicted octanol–water partition coefficient (Wildman–Crippen LogP) is 7.63. The number of hydrogen-bond donors (Lipinski definition) is 1. The van der Waals surface area contributed by atoms with Crippen LogP contribution in [0.2, 0.25) is 0 Å². The highest BCUT2D eigenvalue weighted by Crippen LogP contribution is 2.45. The molecule has 5 rings (SSSR count). The second-order valence-electron chi connectivity index (χ2n) is 13.3. The number of para-hydroxylation sites is 1. The van der Waals surface area contributed by atoms with E-state index >= 15 is 8.78 Å². The normalized spacial score (nSPS) is 20.1. The summed E-state index contributed by atoms with van der Waals surface area (Å²) in [6.07, 6.45) is -8.53. The molecule has 0 aliphatic carbocycles. The fourth-order valence-electron chi connectivity index (χ4n) is 6.61. The lowest BCUT2D eigenvalue weighted by molar-refractivity contribution is -0.155. The van der Waals surface area contributed by atoms with Crippen molar-refractivity contribution < 1.29 is 50.5 Å². The molecule has 1 fully saturated rings. The van der Waals surface area contributed by atoms with Gasteiger partial charge in [-0.25, -0.2) is 22.9 Å². The lowest BCUT2D eigenvalue weighted by Crippen LogP contribution is -2.48. The topological polar surface area (TPSA) is 84.2 Å². The maximum absolute atomic E-state index is 16.3. The van der Waals surface area contributed by atoms with Crippen LogP contribution in [0.4, 0.5) is 35.9 Å². The van der Waals surface area contributed by atoms with Crippen molar-refractivity contribution in [1.29, 1.82) is 0 Å². The number of aromatic nitrogens is 1. The SMILES string of the molecule is C[C@@H]1Cc2c(n(C(=O)O)c3ccccc23)[C@@H](c2c(F)cc(C(CCN3CC(CF)C3)OC(=O)OC(C)(C)C)cc2F)N1CC(F)(F)F. The summed E-state index contributed by atoms with van der Waals surface area (Å²) in [5, 5.41) is 10.7. The van der Waals surface area contributed by atoms with E-state index in [1.807, 2.05) is 4.90 Å². The third kappa shape index (κ3) is 7.38. The molecule has 3 heterocycles. The zero-order valence-corrected chi connectivity index (χ0v) is 26.4. The number of halogens is 6. The number of benzene rings is 2. The molecule has 47 heavy (non-hydrogen) atoms. The molecule has 8 nitrogen and oxygen atoms in total. The molecule has 0 bridgehead atoms. The molecule has 2 aromatic carbocycles. The Bertz CT molecular complexity index is 1620. The van der Waals surface area contributed by atoms with Crippen molar-refractivity contribution in [2.45, 2.75) is 70.5 Å². The molecule has 1 aromatic heterocycles. The maximum atomic E-state index is 16.3. The van der Waals surface area contributed by atoms with Gasteiger partial charge in [0, 0.05) is 49.0 Å². The minimum absolute atomic E-state index is 0.00952. The van der Waals surface area contributed by atoms with E-state index in [1.54, 1.807) is 39.0 Å². The van der Waals surface area contributed by atoms with Crippen LogP contribution in [0.15, 0.2) is 36.4 Å². The quantitative estimate of drug-likeness (QED) is 0.195. The Hall–Kier alpha value is -3.78. The molecule has 2 aliphatic rings. The summed E-state index contributed by atoms with van der Waals surface area (Å²) in [4.78, 5) is 27.9. The van der Waals surface area contributed by atoms with E-state index in [2.05, 4.69) is 0 Å². The first kappa shape index (κ1) is 34.6. The van der Waals surface area contributed by atoms with Crippen LogP contribution in [0.1, 0.15) is 68.6 Å². The summed E-state index contributed by atoms with van der Waals surface area (Å²) in [6.45, 7) is 5.51. The molecule has 0 spiro atoms. The van der Waals surface area contributed by atoms with Gasteiger partial charge < -0.3 is 19.5 Å². The number of nitrogens with zero attached hydrogens (tertiary/aromatic N) is 3. The van der Waals surface area contributed by atoms with Gasteiger partial charge in [-0.15, -0.1) is 0 Å². The minimum Gasteiger partial charge on any atom is -0.464 e. The van der Waals surface area contributed by atoms with Crippen LogP contribution < -0.4 is 0 Å². The number of alkyl halides is 4. The summed E-state index contributed by atoms with van der Waals surface area (Å²) >= 11 is 0. The van der Waals surface area contributed by atoms with E-state index in [9.17, 15) is 32.3 Å². The van der Waals surface area contributed by atoms with E-state index in [1.165, 1.54) is 13.0 Å². The van der Waals surface area contributed by atoms with Gasteiger partial charge in [-0.1, -0.05) is 18.2 Å². The molecule has 0 radical (unpaired) electrons. The van der Waals surface area contributed by atoms with Crippen LogP contribution in [0.3, 0.4) is 0 Å². The van der Waals surface area contributed by atoms with Gasteiger partial charge in [0.2, 0.25) is 0 Å². The fraction of sp³-hybridized carbons (Fsp3) is 0.515. The van der Waals surface area contributed by atoms with Crippen LogP contribution >= 0.6 is 0 Å². The highest BCUT2D eigenvalue weighted by molar-refractivity contribution is 5.94. The number of carbonyl (C=O) groups is 2. The van der Waals surface area contributed by atoms with Crippen molar-refractivity contribution in [3.05, 3.63) is 70.4 Å². The molecule has 1 N–H and O–H groups in total. The summed E-state index contributed by atoms with van der Waals surface area (Å²) < 4.78 is 99.0. The Morgan fingerprint density at radius 3 is 2.28 bits per heavy atom. The summed E-state index contributed by atoms with van der Waals surface area (Å²) in [5.74, 6) is -2.60. The molecular formula is C33H37F6N3O5. The van der Waals surface area contributed by atoms with Gasteiger partial charge in [-0.2, -0.15) is 13.2 Å². The monoisotopic (exact) mass is 669 g/mol. The second kappa shape index (κ2) is 13.0. The van der Waals surface area contributed by atoms with Gasteiger partial charge in [0.15, 0.2) is 0 Å². The Balaban J connectivity index is 1.60. The standard InChI is InChI=1S/C33H37F6N3O5/c1-18-11-22-21-7-5-6-8-25(21)42(30(43)44)28(22)29(41(18)17-33(37,38)39)27-23(35)12-20(13-24(27)36)26(46-31(45)47-32(2,3)4)9-10-40-15-19(14-34)16-40/h5-8,12-13,18-19,26,29H,9-11,14-17H2,1-4H3,(H,43,44)/t18-,26?,29-/m1/s1. The van der Waals surface area contributed by atoms with Crippen molar-refractivity contribution in [2.75, 3.05) is 32.9 Å². The minimum atomic E-state index is -4.78. The molecule has 0 saturated carbocycles. The molecule has 14 heteroatoms. The summed E-state index contributed by atoms with van der Waals surface area (Å²) in [6, 6.07) is 5.47. The van der Waals surface area contributed by atoms with Crippen LogP contribution in [-0.4, -0.2) is 82.4 Å². The van der Waals surface area contributed by atoms with Gasteiger partial charge >= 0.3 is 18.4 Å². The second-order valence-corrected chi connectivity index (χ2v) is 13.3. The van der Waals surface area contributed by atoms with Crippen molar-refractivity contribution in [2.24, 2.45) is 5.92 Å². The predicted molar refractivity (Wildman–Crippen MR) is 160 cm³/mol. The third-order valence-electron chi connectivity index (χ3n) is 8.56. The Morgan fingerprint density at radius 2 is 1.70 bits per heavy atom. The lowest BCUT2D eigenvalue weighted by atomic mass is 9.87. The first-order chi connectivity index (χ1) is 22.0. The first-order valence-electron chi connectivity index (χ1n) is 15.3. The van der Waals surface area contributed by atoms with E-state index in [4.69, 9.17) is 9.47 Å².